The van der Waals surface area contributed by atoms with Crippen molar-refractivity contribution in [1.82, 2.24) is 10.6 Å². The molecule has 0 aromatic heterocycles. The molecule has 0 aliphatic heterocycles. The quantitative estimate of drug-likeness (QED) is 0.697. The predicted octanol–water partition coefficient (Wildman–Crippen LogP) is 0.675. The molecule has 0 aliphatic rings. The highest BCUT2D eigenvalue weighted by atomic mass is 16.2. The van der Waals surface area contributed by atoms with Crippen LogP contribution in [0.1, 0.15) is 36.2 Å². The lowest BCUT2D eigenvalue weighted by Gasteiger charge is -2.13. The summed E-state index contributed by atoms with van der Waals surface area (Å²) in [6.45, 7) is 4.02. The predicted molar refractivity (Wildman–Crippen MR) is 80.6 cm³/mol. The molecular formula is C16H20N2O3. The van der Waals surface area contributed by atoms with Crippen molar-refractivity contribution in [3.05, 3.63) is 35.4 Å². The largest absolute Gasteiger partial charge is 0.395 e. The van der Waals surface area contributed by atoms with Crippen LogP contribution in [0.25, 0.3) is 0 Å². The maximum absolute atomic E-state index is 12.0. The molecule has 2 amide bonds. The van der Waals surface area contributed by atoms with Crippen molar-refractivity contribution in [3.8, 4) is 11.8 Å². The molecule has 0 spiro atoms. The van der Waals surface area contributed by atoms with Gasteiger partial charge in [0.05, 0.1) is 6.61 Å². The molecular weight excluding hydrogens is 268 g/mol. The van der Waals surface area contributed by atoms with E-state index in [2.05, 4.69) is 22.5 Å². The fourth-order valence-corrected chi connectivity index (χ4v) is 1.60. The number of benzene rings is 1. The molecule has 1 unspecified atom stereocenters. The van der Waals surface area contributed by atoms with Gasteiger partial charge in [-0.3, -0.25) is 9.59 Å². The Morgan fingerprint density at radius 2 is 1.95 bits per heavy atom. The summed E-state index contributed by atoms with van der Waals surface area (Å²) < 4.78 is 0. The van der Waals surface area contributed by atoms with Gasteiger partial charge in [0.15, 0.2) is 0 Å². The van der Waals surface area contributed by atoms with Crippen molar-refractivity contribution in [2.45, 2.75) is 26.3 Å². The van der Waals surface area contributed by atoms with Crippen molar-refractivity contribution >= 4 is 11.8 Å². The molecule has 1 aromatic rings. The van der Waals surface area contributed by atoms with Gasteiger partial charge in [0, 0.05) is 24.1 Å². The first-order valence-corrected chi connectivity index (χ1v) is 6.86. The second-order valence-corrected chi connectivity index (χ2v) is 4.44. The molecule has 0 fully saturated rings. The van der Waals surface area contributed by atoms with Crippen LogP contribution in [-0.2, 0) is 4.79 Å². The summed E-state index contributed by atoms with van der Waals surface area (Å²) in [7, 11) is 0. The van der Waals surface area contributed by atoms with Crippen LogP contribution in [0.5, 0.6) is 0 Å². The first-order chi connectivity index (χ1) is 10.1. The van der Waals surface area contributed by atoms with Gasteiger partial charge in [0.1, 0.15) is 6.04 Å². The number of hydrogen-bond donors (Lipinski definition) is 3. The van der Waals surface area contributed by atoms with E-state index in [1.54, 1.807) is 31.2 Å². The molecule has 5 heteroatoms. The lowest BCUT2D eigenvalue weighted by molar-refractivity contribution is -0.122. The minimum Gasteiger partial charge on any atom is -0.395 e. The number of aliphatic hydroxyl groups is 1. The topological polar surface area (TPSA) is 78.4 Å². The van der Waals surface area contributed by atoms with Crippen molar-refractivity contribution in [2.24, 2.45) is 0 Å². The molecule has 0 saturated heterocycles. The number of amides is 2. The zero-order valence-corrected chi connectivity index (χ0v) is 12.3. The van der Waals surface area contributed by atoms with E-state index in [0.717, 1.165) is 5.56 Å². The third-order valence-electron chi connectivity index (χ3n) is 2.71. The fourth-order valence-electron chi connectivity index (χ4n) is 1.60. The maximum Gasteiger partial charge on any atom is 0.251 e. The number of nitrogens with one attached hydrogen (secondary N) is 2. The SMILES string of the molecule is CCNC(=O)C(C)NC(=O)c1ccc(C#CCCO)cc1. The van der Waals surface area contributed by atoms with Gasteiger partial charge in [-0.05, 0) is 38.1 Å². The van der Waals surface area contributed by atoms with Crippen molar-refractivity contribution in [3.63, 3.8) is 0 Å². The van der Waals surface area contributed by atoms with Crippen LogP contribution in [-0.4, -0.2) is 36.1 Å². The summed E-state index contributed by atoms with van der Waals surface area (Å²) in [4.78, 5) is 23.5. The average molecular weight is 288 g/mol. The minimum absolute atomic E-state index is 0.0329. The van der Waals surface area contributed by atoms with Gasteiger partial charge in [-0.2, -0.15) is 0 Å². The van der Waals surface area contributed by atoms with E-state index in [1.807, 2.05) is 6.92 Å². The highest BCUT2D eigenvalue weighted by Crippen LogP contribution is 2.04. The third-order valence-corrected chi connectivity index (χ3v) is 2.71. The van der Waals surface area contributed by atoms with Gasteiger partial charge in [-0.1, -0.05) is 11.8 Å². The highest BCUT2D eigenvalue weighted by Gasteiger charge is 2.15. The monoisotopic (exact) mass is 288 g/mol. The van der Waals surface area contributed by atoms with Crippen molar-refractivity contribution in [1.29, 1.82) is 0 Å². The Bertz CT molecular complexity index is 541. The van der Waals surface area contributed by atoms with E-state index < -0.39 is 6.04 Å². The molecule has 5 nitrogen and oxygen atoms in total. The number of likely N-dealkylation sites (N-methyl/N-ethyl adjacent to an activating group) is 1. The molecule has 0 heterocycles. The summed E-state index contributed by atoms with van der Waals surface area (Å²) in [5.74, 6) is 5.18. The fraction of sp³-hybridized carbons (Fsp3) is 0.375. The van der Waals surface area contributed by atoms with Gasteiger partial charge in [-0.25, -0.2) is 0 Å². The molecule has 0 aliphatic carbocycles. The van der Waals surface area contributed by atoms with Gasteiger partial charge in [-0.15, -0.1) is 0 Å². The summed E-state index contributed by atoms with van der Waals surface area (Å²) in [6.07, 6.45) is 0.423. The van der Waals surface area contributed by atoms with Gasteiger partial charge in [0.25, 0.3) is 5.91 Å². The average Bonchev–Trinajstić information content (AvgIpc) is 2.48. The van der Waals surface area contributed by atoms with Gasteiger partial charge < -0.3 is 15.7 Å². The van der Waals surface area contributed by atoms with Crippen LogP contribution in [0.4, 0.5) is 0 Å². The van der Waals surface area contributed by atoms with Crippen LogP contribution < -0.4 is 10.6 Å². The normalized spacial score (nSPS) is 11.0. The second kappa shape index (κ2) is 8.77. The van der Waals surface area contributed by atoms with Crippen LogP contribution in [0.2, 0.25) is 0 Å². The summed E-state index contributed by atoms with van der Waals surface area (Å²) in [5, 5.41) is 13.9. The molecule has 21 heavy (non-hydrogen) atoms. The van der Waals surface area contributed by atoms with E-state index in [1.165, 1.54) is 0 Å². The van der Waals surface area contributed by atoms with Gasteiger partial charge in [0.2, 0.25) is 5.91 Å². The first kappa shape index (κ1) is 16.7. The summed E-state index contributed by atoms with van der Waals surface area (Å²) in [6, 6.07) is 6.19. The molecule has 0 radical (unpaired) electrons. The maximum atomic E-state index is 12.0. The summed E-state index contributed by atoms with van der Waals surface area (Å²) >= 11 is 0. The Labute approximate surface area is 124 Å². The highest BCUT2D eigenvalue weighted by molar-refractivity contribution is 5.97. The van der Waals surface area contributed by atoms with Crippen molar-refractivity contribution in [2.75, 3.05) is 13.2 Å². The Morgan fingerprint density at radius 3 is 2.52 bits per heavy atom. The standard InChI is InChI=1S/C16H20N2O3/c1-3-17-15(20)12(2)18-16(21)14-9-7-13(8-10-14)6-4-5-11-19/h7-10,12,19H,3,5,11H2,1-2H3,(H,17,20)(H,18,21). The lowest BCUT2D eigenvalue weighted by atomic mass is 10.1. The molecule has 112 valence electrons. The van der Waals surface area contributed by atoms with E-state index in [0.29, 0.717) is 18.5 Å². The third kappa shape index (κ3) is 5.67. The molecule has 0 bridgehead atoms. The minimum atomic E-state index is -0.582. The van der Waals surface area contributed by atoms with Crippen LogP contribution in [0.15, 0.2) is 24.3 Å². The van der Waals surface area contributed by atoms with E-state index in [-0.39, 0.29) is 18.4 Å². The molecule has 1 atom stereocenters. The number of hydrogen-bond acceptors (Lipinski definition) is 3. The number of rotatable bonds is 5. The Kier molecular flexibility index (Phi) is 6.99. The molecule has 1 aromatic carbocycles. The van der Waals surface area contributed by atoms with Gasteiger partial charge >= 0.3 is 0 Å². The molecule has 3 N–H and O–H groups in total. The van der Waals surface area contributed by atoms with E-state index in [4.69, 9.17) is 5.11 Å². The number of carbonyl (C=O) groups excluding carboxylic acids is 2. The lowest BCUT2D eigenvalue weighted by Crippen LogP contribution is -2.44. The van der Waals surface area contributed by atoms with Crippen molar-refractivity contribution < 1.29 is 14.7 Å². The molecule has 0 saturated carbocycles. The van der Waals surface area contributed by atoms with Crippen LogP contribution in [0, 0.1) is 11.8 Å². The van der Waals surface area contributed by atoms with E-state index in [9.17, 15) is 9.59 Å². The Balaban J connectivity index is 2.63. The number of carbonyl (C=O) groups is 2. The smallest absolute Gasteiger partial charge is 0.251 e. The Morgan fingerprint density at radius 1 is 1.29 bits per heavy atom. The van der Waals surface area contributed by atoms with Crippen LogP contribution in [0.3, 0.4) is 0 Å². The number of aliphatic hydroxyl groups excluding tert-OH is 1. The van der Waals surface area contributed by atoms with E-state index >= 15 is 0 Å². The Hall–Kier alpha value is -2.32. The second-order valence-electron chi connectivity index (χ2n) is 4.44. The zero-order chi connectivity index (χ0) is 15.7. The summed E-state index contributed by atoms with van der Waals surface area (Å²) in [5.41, 5.74) is 1.25. The zero-order valence-electron chi connectivity index (χ0n) is 12.3. The van der Waals surface area contributed by atoms with Crippen LogP contribution >= 0.6 is 0 Å². The molecule has 1 rings (SSSR count). The first-order valence-electron chi connectivity index (χ1n) is 6.86.